The highest BCUT2D eigenvalue weighted by Gasteiger charge is 2.20. The van der Waals surface area contributed by atoms with Gasteiger partial charge >= 0.3 is 0 Å². The molecule has 2 heterocycles. The maximum absolute atomic E-state index is 12.5. The molecular weight excluding hydrogens is 258 g/mol. The van der Waals surface area contributed by atoms with Crippen molar-refractivity contribution in [2.75, 3.05) is 6.54 Å². The Bertz CT molecular complexity index is 516. The maximum Gasteiger partial charge on any atom is 0.290 e. The van der Waals surface area contributed by atoms with Crippen LogP contribution in [-0.2, 0) is 6.54 Å². The molecule has 0 atom stereocenters. The second-order valence-electron chi connectivity index (χ2n) is 4.64. The number of amides is 1. The smallest absolute Gasteiger partial charge is 0.290 e. The third-order valence-corrected chi connectivity index (χ3v) is 3.81. The number of carbonyl (C=O) groups is 1. The van der Waals surface area contributed by atoms with E-state index in [0.29, 0.717) is 12.3 Å². The molecule has 19 heavy (non-hydrogen) atoms. The van der Waals surface area contributed by atoms with E-state index in [4.69, 9.17) is 4.42 Å². The third kappa shape index (κ3) is 3.47. The van der Waals surface area contributed by atoms with Gasteiger partial charge in [-0.25, -0.2) is 0 Å². The Morgan fingerprint density at radius 2 is 2.26 bits per heavy atom. The van der Waals surface area contributed by atoms with Gasteiger partial charge in [-0.2, -0.15) is 11.3 Å². The molecule has 0 aliphatic carbocycles. The van der Waals surface area contributed by atoms with Gasteiger partial charge in [-0.15, -0.1) is 0 Å². The van der Waals surface area contributed by atoms with Crippen LogP contribution in [0.4, 0.5) is 0 Å². The van der Waals surface area contributed by atoms with Gasteiger partial charge in [0.25, 0.3) is 5.91 Å². The highest BCUT2D eigenvalue weighted by Crippen LogP contribution is 2.16. The van der Waals surface area contributed by atoms with E-state index in [1.807, 2.05) is 23.3 Å². The van der Waals surface area contributed by atoms with Crippen molar-refractivity contribution in [3.63, 3.8) is 0 Å². The Balaban J connectivity index is 2.12. The molecular formula is C15H19NO2S. The zero-order valence-electron chi connectivity index (χ0n) is 11.4. The summed E-state index contributed by atoms with van der Waals surface area (Å²) in [7, 11) is 0. The van der Waals surface area contributed by atoms with Gasteiger partial charge in [0.05, 0.1) is 6.26 Å². The van der Waals surface area contributed by atoms with Crippen LogP contribution in [0.2, 0.25) is 0 Å². The van der Waals surface area contributed by atoms with Crippen molar-refractivity contribution in [1.82, 2.24) is 4.90 Å². The van der Waals surface area contributed by atoms with E-state index in [-0.39, 0.29) is 5.91 Å². The summed E-state index contributed by atoms with van der Waals surface area (Å²) in [6.07, 6.45) is 3.66. The molecule has 0 radical (unpaired) electrons. The van der Waals surface area contributed by atoms with Gasteiger partial charge in [0.15, 0.2) is 5.76 Å². The summed E-state index contributed by atoms with van der Waals surface area (Å²) in [5, 5.41) is 4.12. The predicted octanol–water partition coefficient (Wildman–Crippen LogP) is 4.09. The van der Waals surface area contributed by atoms with Crippen LogP contribution in [-0.4, -0.2) is 17.4 Å². The maximum atomic E-state index is 12.5. The molecule has 0 aliphatic heterocycles. The number of hydrogen-bond donors (Lipinski definition) is 0. The van der Waals surface area contributed by atoms with Crippen molar-refractivity contribution in [1.29, 1.82) is 0 Å². The van der Waals surface area contributed by atoms with Crippen LogP contribution in [0, 0.1) is 6.92 Å². The lowest BCUT2D eigenvalue weighted by Crippen LogP contribution is -2.31. The number of unbranched alkanes of at least 4 members (excludes halogenated alkanes) is 1. The number of thiophene rings is 1. The minimum atomic E-state index is -0.0119. The van der Waals surface area contributed by atoms with Gasteiger partial charge in [0.2, 0.25) is 0 Å². The van der Waals surface area contributed by atoms with Gasteiger partial charge in [-0.3, -0.25) is 4.79 Å². The average Bonchev–Trinajstić information content (AvgIpc) is 3.05. The lowest BCUT2D eigenvalue weighted by Gasteiger charge is -2.21. The Kier molecular flexibility index (Phi) is 4.80. The fourth-order valence-electron chi connectivity index (χ4n) is 1.94. The summed E-state index contributed by atoms with van der Waals surface area (Å²) in [4.78, 5) is 14.4. The van der Waals surface area contributed by atoms with Gasteiger partial charge in [-0.1, -0.05) is 13.3 Å². The van der Waals surface area contributed by atoms with E-state index in [9.17, 15) is 4.79 Å². The number of hydrogen-bond acceptors (Lipinski definition) is 3. The quantitative estimate of drug-likeness (QED) is 0.796. The van der Waals surface area contributed by atoms with E-state index >= 15 is 0 Å². The summed E-state index contributed by atoms with van der Waals surface area (Å²) >= 11 is 1.66. The van der Waals surface area contributed by atoms with E-state index < -0.39 is 0 Å². The topological polar surface area (TPSA) is 33.5 Å². The molecule has 2 aromatic rings. The Morgan fingerprint density at radius 1 is 1.42 bits per heavy atom. The molecule has 0 saturated heterocycles. The van der Waals surface area contributed by atoms with Crippen LogP contribution in [0.5, 0.6) is 0 Å². The first kappa shape index (κ1) is 13.9. The van der Waals surface area contributed by atoms with Crippen LogP contribution in [0.1, 0.15) is 41.4 Å². The highest BCUT2D eigenvalue weighted by atomic mass is 32.1. The second-order valence-corrected chi connectivity index (χ2v) is 5.42. The Labute approximate surface area is 117 Å². The predicted molar refractivity (Wildman–Crippen MR) is 77.4 cm³/mol. The zero-order valence-corrected chi connectivity index (χ0v) is 12.2. The van der Waals surface area contributed by atoms with Gasteiger partial charge in [-0.05, 0) is 41.8 Å². The van der Waals surface area contributed by atoms with Crippen LogP contribution < -0.4 is 0 Å². The molecule has 0 unspecified atom stereocenters. The van der Waals surface area contributed by atoms with Crippen LogP contribution >= 0.6 is 11.3 Å². The number of aryl methyl sites for hydroxylation is 1. The summed E-state index contributed by atoms with van der Waals surface area (Å²) in [6.45, 7) is 5.46. The van der Waals surface area contributed by atoms with E-state index in [1.165, 1.54) is 5.56 Å². The highest BCUT2D eigenvalue weighted by molar-refractivity contribution is 7.07. The Hall–Kier alpha value is -1.55. The first-order chi connectivity index (χ1) is 9.22. The number of carbonyl (C=O) groups excluding carboxylic acids is 1. The molecule has 0 bridgehead atoms. The molecule has 0 fully saturated rings. The summed E-state index contributed by atoms with van der Waals surface area (Å²) in [6, 6.07) is 3.89. The van der Waals surface area contributed by atoms with E-state index in [1.54, 1.807) is 17.6 Å². The summed E-state index contributed by atoms with van der Waals surface area (Å²) < 4.78 is 5.32. The molecule has 2 rings (SSSR count). The first-order valence-corrected chi connectivity index (χ1v) is 7.51. The molecule has 0 aliphatic rings. The SMILES string of the molecule is CCCCN(Cc1ccsc1)C(=O)c1occc1C. The molecule has 0 N–H and O–H groups in total. The van der Waals surface area contributed by atoms with Crippen molar-refractivity contribution in [3.05, 3.63) is 46.0 Å². The van der Waals surface area contributed by atoms with E-state index in [0.717, 1.165) is 24.9 Å². The van der Waals surface area contributed by atoms with Crippen LogP contribution in [0.3, 0.4) is 0 Å². The lowest BCUT2D eigenvalue weighted by atomic mass is 10.2. The fourth-order valence-corrected chi connectivity index (χ4v) is 2.60. The largest absolute Gasteiger partial charge is 0.459 e. The van der Waals surface area contributed by atoms with Crippen LogP contribution in [0.15, 0.2) is 33.6 Å². The van der Waals surface area contributed by atoms with Crippen molar-refractivity contribution in [2.24, 2.45) is 0 Å². The lowest BCUT2D eigenvalue weighted by molar-refractivity contribution is 0.0707. The first-order valence-electron chi connectivity index (χ1n) is 6.56. The van der Waals surface area contributed by atoms with Crippen molar-refractivity contribution < 1.29 is 9.21 Å². The molecule has 3 nitrogen and oxygen atoms in total. The molecule has 4 heteroatoms. The van der Waals surface area contributed by atoms with Gasteiger partial charge in [0, 0.05) is 18.7 Å². The van der Waals surface area contributed by atoms with Crippen molar-refractivity contribution in [2.45, 2.75) is 33.2 Å². The van der Waals surface area contributed by atoms with Crippen molar-refractivity contribution in [3.8, 4) is 0 Å². The number of rotatable bonds is 6. The standard InChI is InChI=1S/C15H19NO2S/c1-3-4-7-16(10-13-6-9-19-11-13)15(17)14-12(2)5-8-18-14/h5-6,8-9,11H,3-4,7,10H2,1-2H3. The van der Waals surface area contributed by atoms with Crippen molar-refractivity contribution >= 4 is 17.2 Å². The normalized spacial score (nSPS) is 10.6. The van der Waals surface area contributed by atoms with E-state index in [2.05, 4.69) is 18.4 Å². The molecule has 2 aromatic heterocycles. The second kappa shape index (κ2) is 6.57. The van der Waals surface area contributed by atoms with Crippen LogP contribution in [0.25, 0.3) is 0 Å². The number of furan rings is 1. The Morgan fingerprint density at radius 3 is 2.84 bits per heavy atom. The molecule has 1 amide bonds. The average molecular weight is 277 g/mol. The van der Waals surface area contributed by atoms with Gasteiger partial charge < -0.3 is 9.32 Å². The molecule has 0 saturated carbocycles. The number of nitrogens with zero attached hydrogens (tertiary/aromatic N) is 1. The summed E-state index contributed by atoms with van der Waals surface area (Å²) in [5.74, 6) is 0.452. The molecule has 0 spiro atoms. The van der Waals surface area contributed by atoms with Gasteiger partial charge in [0.1, 0.15) is 0 Å². The zero-order chi connectivity index (χ0) is 13.7. The monoisotopic (exact) mass is 277 g/mol. The molecule has 0 aromatic carbocycles. The molecule has 102 valence electrons. The summed E-state index contributed by atoms with van der Waals surface area (Å²) in [5.41, 5.74) is 2.08. The third-order valence-electron chi connectivity index (χ3n) is 3.08. The minimum absolute atomic E-state index is 0.0119. The fraction of sp³-hybridized carbons (Fsp3) is 0.400. The minimum Gasteiger partial charge on any atom is -0.459 e.